The van der Waals surface area contributed by atoms with Crippen LogP contribution < -0.4 is 16.0 Å². The molecule has 0 spiro atoms. The molecule has 3 amide bonds. The highest BCUT2D eigenvalue weighted by molar-refractivity contribution is 7.15. The van der Waals surface area contributed by atoms with Gasteiger partial charge in [0.05, 0.1) is 11.7 Å². The average molecular weight is 346 g/mol. The summed E-state index contributed by atoms with van der Waals surface area (Å²) < 4.78 is 0. The minimum absolute atomic E-state index is 0.0506. The van der Waals surface area contributed by atoms with E-state index in [9.17, 15) is 9.59 Å². The molecule has 3 N–H and O–H groups in total. The van der Waals surface area contributed by atoms with E-state index in [1.54, 1.807) is 18.3 Å². The zero-order chi connectivity index (χ0) is 17.7. The minimum Gasteiger partial charge on any atom is -0.341 e. The smallest absolute Gasteiger partial charge is 0.321 e. The maximum Gasteiger partial charge on any atom is 0.321 e. The molecule has 6 nitrogen and oxygen atoms in total. The van der Waals surface area contributed by atoms with Gasteiger partial charge < -0.3 is 5.32 Å². The molecule has 0 aliphatic heterocycles. The van der Waals surface area contributed by atoms with Gasteiger partial charge in [-0.25, -0.2) is 9.78 Å². The Bertz CT molecular complexity index is 715. The van der Waals surface area contributed by atoms with Gasteiger partial charge in [-0.15, -0.1) is 11.3 Å². The molecular weight excluding hydrogens is 324 g/mol. The highest BCUT2D eigenvalue weighted by Crippen LogP contribution is 2.31. The Morgan fingerprint density at radius 2 is 1.83 bits per heavy atom. The molecule has 0 saturated carbocycles. The summed E-state index contributed by atoms with van der Waals surface area (Å²) in [6.45, 7) is 5.67. The van der Waals surface area contributed by atoms with Crippen LogP contribution in [-0.4, -0.2) is 30.0 Å². The third-order valence-corrected chi connectivity index (χ3v) is 4.99. The van der Waals surface area contributed by atoms with Crippen molar-refractivity contribution >= 4 is 23.3 Å². The molecule has 1 aromatic heterocycles. The van der Waals surface area contributed by atoms with Gasteiger partial charge in [-0.3, -0.25) is 15.4 Å². The monoisotopic (exact) mass is 346 g/mol. The highest BCUT2D eigenvalue weighted by Gasteiger charge is 2.21. The lowest BCUT2D eigenvalue weighted by atomic mass is 10.2. The van der Waals surface area contributed by atoms with E-state index in [2.05, 4.69) is 20.9 Å². The number of aryl methyl sites for hydroxylation is 1. The van der Waals surface area contributed by atoms with Gasteiger partial charge in [-0.05, 0) is 20.8 Å². The number of thiazole rings is 1. The van der Waals surface area contributed by atoms with Gasteiger partial charge in [-0.1, -0.05) is 30.3 Å². The van der Waals surface area contributed by atoms with Crippen LogP contribution in [0.4, 0.5) is 4.79 Å². The standard InChI is InChI=1S/C17H22N4O2S/c1-10(19-12(3)15(22)21-17(23)18-4)14-11(2)20-16(24-14)13-8-6-5-7-9-13/h5-10,12,19H,1-4H3,(H2,18,21,22,23)/t10-,12+/m0/s1. The third kappa shape index (κ3) is 4.39. The fraction of sp³-hybridized carbons (Fsp3) is 0.353. The first-order valence-corrected chi connectivity index (χ1v) is 8.55. The van der Waals surface area contributed by atoms with E-state index in [1.807, 2.05) is 44.2 Å². The van der Waals surface area contributed by atoms with Gasteiger partial charge in [0.15, 0.2) is 0 Å². The van der Waals surface area contributed by atoms with Crippen LogP contribution in [0, 0.1) is 6.92 Å². The first-order valence-electron chi connectivity index (χ1n) is 7.73. The number of carbonyl (C=O) groups is 2. The second-order valence-electron chi connectivity index (χ2n) is 5.51. The van der Waals surface area contributed by atoms with Crippen LogP contribution in [0.1, 0.15) is 30.5 Å². The molecule has 0 aliphatic rings. The molecule has 7 heteroatoms. The fourth-order valence-corrected chi connectivity index (χ4v) is 3.41. The minimum atomic E-state index is -0.512. The van der Waals surface area contributed by atoms with Crippen molar-refractivity contribution in [2.75, 3.05) is 7.05 Å². The average Bonchev–Trinajstić information content (AvgIpc) is 2.97. The Kier molecular flexibility index (Phi) is 6.05. The summed E-state index contributed by atoms with van der Waals surface area (Å²) in [6, 6.07) is 8.93. The number of benzene rings is 1. The number of hydrogen-bond acceptors (Lipinski definition) is 5. The van der Waals surface area contributed by atoms with Crippen molar-refractivity contribution < 1.29 is 9.59 Å². The van der Waals surface area contributed by atoms with Crippen molar-refractivity contribution in [3.63, 3.8) is 0 Å². The summed E-state index contributed by atoms with van der Waals surface area (Å²) in [7, 11) is 1.47. The molecular formula is C17H22N4O2S. The number of rotatable bonds is 5. The number of hydrogen-bond donors (Lipinski definition) is 3. The Labute approximate surface area is 145 Å². The number of nitrogens with one attached hydrogen (secondary N) is 3. The van der Waals surface area contributed by atoms with Gasteiger partial charge in [0.2, 0.25) is 5.91 Å². The van der Waals surface area contributed by atoms with Crippen LogP contribution in [0.25, 0.3) is 10.6 Å². The van der Waals surface area contributed by atoms with Crippen molar-refractivity contribution in [3.05, 3.63) is 40.9 Å². The van der Waals surface area contributed by atoms with Gasteiger partial charge in [-0.2, -0.15) is 0 Å². The summed E-state index contributed by atoms with van der Waals surface area (Å²) in [5.74, 6) is -0.369. The molecule has 2 rings (SSSR count). The summed E-state index contributed by atoms with van der Waals surface area (Å²) in [5.41, 5.74) is 2.02. The maximum absolute atomic E-state index is 11.9. The van der Waals surface area contributed by atoms with Crippen molar-refractivity contribution in [2.45, 2.75) is 32.9 Å². The molecule has 0 bridgehead atoms. The van der Waals surface area contributed by atoms with Gasteiger partial charge >= 0.3 is 6.03 Å². The van der Waals surface area contributed by atoms with E-state index in [1.165, 1.54) is 7.05 Å². The summed E-state index contributed by atoms with van der Waals surface area (Å²) >= 11 is 1.61. The Balaban J connectivity index is 2.07. The zero-order valence-corrected chi connectivity index (χ0v) is 15.0. The van der Waals surface area contributed by atoms with Crippen LogP contribution in [0.15, 0.2) is 30.3 Å². The number of urea groups is 1. The van der Waals surface area contributed by atoms with E-state index in [4.69, 9.17) is 0 Å². The zero-order valence-electron chi connectivity index (χ0n) is 14.2. The van der Waals surface area contributed by atoms with E-state index in [0.717, 1.165) is 21.1 Å². The van der Waals surface area contributed by atoms with Crippen molar-refractivity contribution in [1.29, 1.82) is 0 Å². The molecule has 0 unspecified atom stereocenters. The van der Waals surface area contributed by atoms with Gasteiger partial charge in [0.1, 0.15) is 5.01 Å². The van der Waals surface area contributed by atoms with Crippen LogP contribution >= 0.6 is 11.3 Å². The Hall–Kier alpha value is -2.25. The quantitative estimate of drug-likeness (QED) is 0.777. The number of carbonyl (C=O) groups excluding carboxylic acids is 2. The largest absolute Gasteiger partial charge is 0.341 e. The lowest BCUT2D eigenvalue weighted by Gasteiger charge is -2.18. The van der Waals surface area contributed by atoms with Crippen LogP contribution in [0.5, 0.6) is 0 Å². The summed E-state index contributed by atoms with van der Waals surface area (Å²) in [6.07, 6.45) is 0. The van der Waals surface area contributed by atoms with E-state index in [0.29, 0.717) is 0 Å². The predicted molar refractivity (Wildman–Crippen MR) is 95.9 cm³/mol. The second-order valence-corrected chi connectivity index (χ2v) is 6.54. The molecule has 0 fully saturated rings. The van der Waals surface area contributed by atoms with Crippen molar-refractivity contribution in [2.24, 2.45) is 0 Å². The van der Waals surface area contributed by atoms with Crippen LogP contribution in [0.2, 0.25) is 0 Å². The van der Waals surface area contributed by atoms with Crippen LogP contribution in [0.3, 0.4) is 0 Å². The molecule has 2 aromatic rings. The summed E-state index contributed by atoms with van der Waals surface area (Å²) in [4.78, 5) is 28.9. The molecule has 128 valence electrons. The van der Waals surface area contributed by atoms with Crippen LogP contribution in [-0.2, 0) is 4.79 Å². The first-order chi connectivity index (χ1) is 11.4. The molecule has 1 aromatic carbocycles. The van der Waals surface area contributed by atoms with Gasteiger partial charge in [0, 0.05) is 23.5 Å². The van der Waals surface area contributed by atoms with Crippen molar-refractivity contribution in [3.8, 4) is 10.6 Å². The van der Waals surface area contributed by atoms with Gasteiger partial charge in [0.25, 0.3) is 0 Å². The number of nitrogens with zero attached hydrogens (tertiary/aromatic N) is 1. The molecule has 0 saturated heterocycles. The lowest BCUT2D eigenvalue weighted by Crippen LogP contribution is -2.47. The molecule has 2 atom stereocenters. The Morgan fingerprint density at radius 3 is 2.46 bits per heavy atom. The number of amides is 3. The molecule has 0 aliphatic carbocycles. The normalized spacial score (nSPS) is 13.2. The highest BCUT2D eigenvalue weighted by atomic mass is 32.1. The number of imide groups is 1. The van der Waals surface area contributed by atoms with E-state index < -0.39 is 12.1 Å². The number of aromatic nitrogens is 1. The molecule has 0 radical (unpaired) electrons. The predicted octanol–water partition coefficient (Wildman–Crippen LogP) is 2.61. The second kappa shape index (κ2) is 8.03. The molecule has 1 heterocycles. The fourth-order valence-electron chi connectivity index (χ4n) is 2.32. The lowest BCUT2D eigenvalue weighted by molar-refractivity contribution is -0.121. The summed E-state index contributed by atoms with van der Waals surface area (Å²) in [5, 5.41) is 8.79. The first kappa shape index (κ1) is 18.1. The SMILES string of the molecule is CNC(=O)NC(=O)[C@@H](C)N[C@@H](C)c1sc(-c2ccccc2)nc1C. The Morgan fingerprint density at radius 1 is 1.17 bits per heavy atom. The van der Waals surface area contributed by atoms with E-state index in [-0.39, 0.29) is 11.9 Å². The third-order valence-electron chi connectivity index (χ3n) is 3.60. The topological polar surface area (TPSA) is 83.1 Å². The van der Waals surface area contributed by atoms with Crippen molar-refractivity contribution in [1.82, 2.24) is 20.9 Å². The molecule has 24 heavy (non-hydrogen) atoms. The van der Waals surface area contributed by atoms with E-state index >= 15 is 0 Å². The maximum atomic E-state index is 11.9.